The third-order valence-electron chi connectivity index (χ3n) is 3.96. The Labute approximate surface area is 130 Å². The highest BCUT2D eigenvalue weighted by Gasteiger charge is 2.25. The van der Waals surface area contributed by atoms with Gasteiger partial charge in [-0.3, -0.25) is 9.59 Å². The van der Waals surface area contributed by atoms with Crippen LogP contribution in [0.15, 0.2) is 4.79 Å². The molecule has 1 aliphatic rings. The molecule has 1 unspecified atom stereocenters. The minimum atomic E-state index is -0.214. The van der Waals surface area contributed by atoms with Crippen molar-refractivity contribution in [2.45, 2.75) is 52.6 Å². The molecule has 0 saturated carbocycles. The summed E-state index contributed by atoms with van der Waals surface area (Å²) in [5, 5.41) is 0. The molecule has 6 nitrogen and oxygen atoms in total. The van der Waals surface area contributed by atoms with Crippen LogP contribution in [-0.4, -0.2) is 46.6 Å². The Morgan fingerprint density at radius 1 is 1.45 bits per heavy atom. The van der Waals surface area contributed by atoms with Crippen LogP contribution in [0, 0.1) is 13.8 Å². The van der Waals surface area contributed by atoms with Gasteiger partial charge in [0.15, 0.2) is 0 Å². The second-order valence-corrected chi connectivity index (χ2v) is 5.87. The summed E-state index contributed by atoms with van der Waals surface area (Å²) in [5.74, 6) is 0.550. The average Bonchev–Trinajstić information content (AvgIpc) is 2.49. The zero-order valence-electron chi connectivity index (χ0n) is 13.6. The number of hydrogen-bond donors (Lipinski definition) is 1. The Morgan fingerprint density at radius 2 is 2.23 bits per heavy atom. The van der Waals surface area contributed by atoms with Gasteiger partial charge in [0, 0.05) is 31.0 Å². The van der Waals surface area contributed by atoms with Crippen molar-refractivity contribution in [1.82, 2.24) is 14.9 Å². The molecule has 1 aromatic rings. The van der Waals surface area contributed by atoms with Crippen LogP contribution in [0.25, 0.3) is 0 Å². The lowest BCUT2D eigenvalue weighted by molar-refractivity contribution is -0.134. The van der Waals surface area contributed by atoms with E-state index in [2.05, 4.69) is 16.9 Å². The first-order chi connectivity index (χ1) is 10.5. The molecule has 0 radical (unpaired) electrons. The zero-order valence-corrected chi connectivity index (χ0v) is 13.6. The maximum absolute atomic E-state index is 12.5. The number of rotatable bonds is 5. The highest BCUT2D eigenvalue weighted by atomic mass is 16.5. The average molecular weight is 307 g/mol. The van der Waals surface area contributed by atoms with Gasteiger partial charge in [0.25, 0.3) is 5.56 Å². The molecule has 1 atom stereocenters. The van der Waals surface area contributed by atoms with Crippen molar-refractivity contribution >= 4 is 5.91 Å². The number of hydrogen-bond acceptors (Lipinski definition) is 4. The summed E-state index contributed by atoms with van der Waals surface area (Å²) < 4.78 is 5.75. The van der Waals surface area contributed by atoms with E-state index in [-0.39, 0.29) is 24.0 Å². The van der Waals surface area contributed by atoms with Crippen molar-refractivity contribution in [2.24, 2.45) is 0 Å². The van der Waals surface area contributed by atoms with Gasteiger partial charge >= 0.3 is 0 Å². The highest BCUT2D eigenvalue weighted by molar-refractivity contribution is 5.79. The van der Waals surface area contributed by atoms with Gasteiger partial charge in [-0.25, -0.2) is 4.98 Å². The molecule has 22 heavy (non-hydrogen) atoms. The van der Waals surface area contributed by atoms with Crippen LogP contribution in [0.2, 0.25) is 0 Å². The van der Waals surface area contributed by atoms with Crippen molar-refractivity contribution in [1.29, 1.82) is 0 Å². The molecule has 2 rings (SSSR count). The summed E-state index contributed by atoms with van der Waals surface area (Å²) in [6.45, 7) is 7.67. The fourth-order valence-corrected chi connectivity index (χ4v) is 2.81. The largest absolute Gasteiger partial charge is 0.376 e. The van der Waals surface area contributed by atoms with Crippen LogP contribution in [0.3, 0.4) is 0 Å². The fourth-order valence-electron chi connectivity index (χ4n) is 2.81. The molecule has 1 fully saturated rings. The Hall–Kier alpha value is -1.69. The first kappa shape index (κ1) is 16.7. The number of amides is 1. The van der Waals surface area contributed by atoms with Crippen LogP contribution in [-0.2, 0) is 16.0 Å². The van der Waals surface area contributed by atoms with E-state index in [0.717, 1.165) is 32.4 Å². The lowest BCUT2D eigenvalue weighted by atomic mass is 10.1. The number of H-pyrrole nitrogens is 1. The molecule has 2 heterocycles. The highest BCUT2D eigenvalue weighted by Crippen LogP contribution is 2.15. The van der Waals surface area contributed by atoms with Crippen molar-refractivity contribution < 1.29 is 9.53 Å². The molecule has 1 saturated heterocycles. The van der Waals surface area contributed by atoms with Crippen LogP contribution >= 0.6 is 0 Å². The van der Waals surface area contributed by atoms with Gasteiger partial charge in [-0.2, -0.15) is 0 Å². The number of aryl methyl sites for hydroxylation is 2. The monoisotopic (exact) mass is 307 g/mol. The number of piperidine rings is 1. The quantitative estimate of drug-likeness (QED) is 0.891. The first-order valence-electron chi connectivity index (χ1n) is 7.97. The van der Waals surface area contributed by atoms with Crippen molar-refractivity contribution in [3.8, 4) is 0 Å². The number of nitrogens with one attached hydrogen (secondary N) is 1. The van der Waals surface area contributed by atoms with Gasteiger partial charge in [0.1, 0.15) is 5.82 Å². The number of nitrogens with zero attached hydrogens (tertiary/aromatic N) is 2. The Balaban J connectivity index is 2.01. The lowest BCUT2D eigenvalue weighted by Gasteiger charge is -2.32. The van der Waals surface area contributed by atoms with Gasteiger partial charge in [0.2, 0.25) is 5.91 Å². The zero-order chi connectivity index (χ0) is 16.1. The number of aromatic amines is 1. The summed E-state index contributed by atoms with van der Waals surface area (Å²) in [4.78, 5) is 33.2. The normalized spacial score (nSPS) is 18.5. The van der Waals surface area contributed by atoms with E-state index in [1.165, 1.54) is 0 Å². The predicted molar refractivity (Wildman–Crippen MR) is 83.9 cm³/mol. The molecule has 1 amide bonds. The molecule has 1 N–H and O–H groups in total. The van der Waals surface area contributed by atoms with E-state index in [1.807, 2.05) is 4.90 Å². The van der Waals surface area contributed by atoms with Crippen molar-refractivity contribution in [3.63, 3.8) is 0 Å². The van der Waals surface area contributed by atoms with Gasteiger partial charge in [0.05, 0.1) is 12.5 Å². The van der Waals surface area contributed by atoms with Crippen LogP contribution in [0.1, 0.15) is 43.3 Å². The van der Waals surface area contributed by atoms with E-state index >= 15 is 0 Å². The summed E-state index contributed by atoms with van der Waals surface area (Å²) >= 11 is 0. The molecule has 0 aromatic carbocycles. The summed E-state index contributed by atoms with van der Waals surface area (Å²) in [6.07, 6.45) is 3.15. The summed E-state index contributed by atoms with van der Waals surface area (Å²) in [6, 6.07) is 0. The Morgan fingerprint density at radius 3 is 2.91 bits per heavy atom. The van der Waals surface area contributed by atoms with Crippen LogP contribution < -0.4 is 5.56 Å². The van der Waals surface area contributed by atoms with Gasteiger partial charge < -0.3 is 14.6 Å². The molecule has 0 spiro atoms. The molecule has 0 aliphatic carbocycles. The van der Waals surface area contributed by atoms with E-state index in [4.69, 9.17) is 4.74 Å². The van der Waals surface area contributed by atoms with Gasteiger partial charge in [-0.15, -0.1) is 0 Å². The second kappa shape index (κ2) is 7.54. The number of ether oxygens (including phenoxy) is 1. The second-order valence-electron chi connectivity index (χ2n) is 5.87. The summed E-state index contributed by atoms with van der Waals surface area (Å²) in [7, 11) is 0. The topological polar surface area (TPSA) is 75.3 Å². The molecule has 1 aromatic heterocycles. The molecule has 1 aliphatic heterocycles. The van der Waals surface area contributed by atoms with Crippen LogP contribution in [0.4, 0.5) is 0 Å². The maximum atomic E-state index is 12.5. The SMILES string of the molecule is CCCOC1CCCN(C(=O)Cc2c(C)nc(C)[nH]c2=O)C1. The standard InChI is InChI=1S/C16H25N3O3/c1-4-8-22-13-6-5-7-19(10-13)15(20)9-14-11(2)17-12(3)18-16(14)21/h13H,4-10H2,1-3H3,(H,17,18,21). The third kappa shape index (κ3) is 4.16. The van der Waals surface area contributed by atoms with Crippen LogP contribution in [0.5, 0.6) is 0 Å². The van der Waals surface area contributed by atoms with Gasteiger partial charge in [-0.1, -0.05) is 6.92 Å². The number of carbonyl (C=O) groups is 1. The predicted octanol–water partition coefficient (Wildman–Crippen LogP) is 1.35. The van der Waals surface area contributed by atoms with Gasteiger partial charge in [-0.05, 0) is 33.1 Å². The molecule has 6 heteroatoms. The number of likely N-dealkylation sites (tertiary alicyclic amines) is 1. The first-order valence-corrected chi connectivity index (χ1v) is 7.97. The molecule has 122 valence electrons. The molecular formula is C16H25N3O3. The smallest absolute Gasteiger partial charge is 0.254 e. The minimum Gasteiger partial charge on any atom is -0.376 e. The number of aromatic nitrogens is 2. The van der Waals surface area contributed by atoms with E-state index in [9.17, 15) is 9.59 Å². The summed E-state index contributed by atoms with van der Waals surface area (Å²) in [5.41, 5.74) is 0.881. The van der Waals surface area contributed by atoms with E-state index in [0.29, 0.717) is 23.6 Å². The minimum absolute atomic E-state index is 0.0240. The Bertz CT molecular complexity index is 582. The third-order valence-corrected chi connectivity index (χ3v) is 3.96. The Kier molecular flexibility index (Phi) is 5.71. The number of carbonyl (C=O) groups excluding carboxylic acids is 1. The van der Waals surface area contributed by atoms with Crippen molar-refractivity contribution in [3.05, 3.63) is 27.4 Å². The van der Waals surface area contributed by atoms with E-state index in [1.54, 1.807) is 13.8 Å². The van der Waals surface area contributed by atoms with Crippen molar-refractivity contribution in [2.75, 3.05) is 19.7 Å². The molecule has 0 bridgehead atoms. The fraction of sp³-hybridized carbons (Fsp3) is 0.688. The lowest BCUT2D eigenvalue weighted by Crippen LogP contribution is -2.44. The van der Waals surface area contributed by atoms with E-state index < -0.39 is 0 Å². The molecular weight excluding hydrogens is 282 g/mol. The maximum Gasteiger partial charge on any atom is 0.254 e.